The van der Waals surface area contributed by atoms with E-state index in [1.807, 2.05) is 0 Å². The van der Waals surface area contributed by atoms with Crippen molar-refractivity contribution in [2.24, 2.45) is 67.0 Å². The summed E-state index contributed by atoms with van der Waals surface area (Å²) >= 11 is 0. The molecular formula is C22H34. The Kier molecular flexibility index (Phi) is 1.41. The lowest BCUT2D eigenvalue weighted by Gasteiger charge is -3.24. The van der Waals surface area contributed by atoms with Crippen molar-refractivity contribution in [3.63, 3.8) is 0 Å². The third-order valence-corrected chi connectivity index (χ3v) is 13.9. The van der Waals surface area contributed by atoms with E-state index in [0.29, 0.717) is 37.9 Å². The van der Waals surface area contributed by atoms with Crippen molar-refractivity contribution in [2.75, 3.05) is 0 Å². The number of hydrogen-bond acceptors (Lipinski definition) is 0. The standard InChI is InChI=1S/C22H34/c1-11-13-12(2)18(8)20(10)16(5,6)19(9)15(3,4)14-17(11,7)21(13,18)22(14,19)20/h11-14H,1-10H3. The van der Waals surface area contributed by atoms with Crippen molar-refractivity contribution < 1.29 is 0 Å². The van der Waals surface area contributed by atoms with Gasteiger partial charge < -0.3 is 0 Å². The first-order chi connectivity index (χ1) is 9.80. The van der Waals surface area contributed by atoms with Crippen LogP contribution in [0.1, 0.15) is 69.2 Å². The Morgan fingerprint density at radius 3 is 1.73 bits per heavy atom. The van der Waals surface area contributed by atoms with Crippen LogP contribution in [-0.2, 0) is 0 Å². The Morgan fingerprint density at radius 1 is 0.636 bits per heavy atom. The summed E-state index contributed by atoms with van der Waals surface area (Å²) in [6.45, 7) is 26.6. The maximum absolute atomic E-state index is 2.72. The van der Waals surface area contributed by atoms with Crippen LogP contribution in [0.3, 0.4) is 0 Å². The number of fused-ring (bicyclic) bond motifs is 2. The molecule has 6 rings (SSSR count). The highest BCUT2D eigenvalue weighted by atomic mass is 15.2. The van der Waals surface area contributed by atoms with Gasteiger partial charge in [-0.3, -0.25) is 0 Å². The molecule has 6 aliphatic carbocycles. The molecule has 0 amide bonds. The normalized spacial score (nSPS) is 82.1. The van der Waals surface area contributed by atoms with Gasteiger partial charge in [0.1, 0.15) is 0 Å². The lowest BCUT2D eigenvalue weighted by atomic mass is 8.79. The average molecular weight is 299 g/mol. The molecule has 10 atom stereocenters. The minimum Gasteiger partial charge on any atom is -0.0617 e. The zero-order valence-electron chi connectivity index (χ0n) is 16.3. The van der Waals surface area contributed by atoms with E-state index in [1.165, 1.54) is 0 Å². The molecule has 6 fully saturated rings. The van der Waals surface area contributed by atoms with Crippen LogP contribution in [0.4, 0.5) is 0 Å². The van der Waals surface area contributed by atoms with Gasteiger partial charge >= 0.3 is 0 Å². The predicted octanol–water partition coefficient (Wildman–Crippen LogP) is 5.62. The molecule has 0 N–H and O–H groups in total. The van der Waals surface area contributed by atoms with E-state index >= 15 is 0 Å². The van der Waals surface area contributed by atoms with Crippen molar-refractivity contribution in [3.8, 4) is 0 Å². The summed E-state index contributed by atoms with van der Waals surface area (Å²) in [5.74, 6) is 3.93. The number of hydrogen-bond donors (Lipinski definition) is 0. The smallest absolute Gasteiger partial charge is 0.00591 e. The molecule has 6 saturated carbocycles. The van der Waals surface area contributed by atoms with Gasteiger partial charge in [0, 0.05) is 0 Å². The quantitative estimate of drug-likeness (QED) is 0.544. The van der Waals surface area contributed by atoms with Crippen molar-refractivity contribution in [1.82, 2.24) is 0 Å². The summed E-state index contributed by atoms with van der Waals surface area (Å²) in [7, 11) is 0. The summed E-state index contributed by atoms with van der Waals surface area (Å²) in [5, 5.41) is 0. The van der Waals surface area contributed by atoms with E-state index in [2.05, 4.69) is 69.2 Å². The zero-order chi connectivity index (χ0) is 16.3. The van der Waals surface area contributed by atoms with Gasteiger partial charge in [0.15, 0.2) is 0 Å². The molecule has 0 aliphatic heterocycles. The maximum Gasteiger partial charge on any atom is -0.00591 e. The van der Waals surface area contributed by atoms with Crippen LogP contribution in [0.25, 0.3) is 0 Å². The van der Waals surface area contributed by atoms with Gasteiger partial charge in [-0.1, -0.05) is 69.2 Å². The van der Waals surface area contributed by atoms with Crippen molar-refractivity contribution in [3.05, 3.63) is 0 Å². The molecule has 0 aromatic carbocycles. The Balaban J connectivity index is 1.70. The molecule has 0 radical (unpaired) electrons. The molecule has 0 saturated heterocycles. The average Bonchev–Trinajstić information content (AvgIpc) is 2.43. The molecule has 22 heavy (non-hydrogen) atoms. The van der Waals surface area contributed by atoms with Gasteiger partial charge in [-0.15, -0.1) is 0 Å². The molecule has 6 aliphatic rings. The van der Waals surface area contributed by atoms with E-state index in [4.69, 9.17) is 0 Å². The minimum atomic E-state index is 0.486. The zero-order valence-corrected chi connectivity index (χ0v) is 16.3. The first-order valence-electron chi connectivity index (χ1n) is 9.80. The Hall–Kier alpha value is 0. The highest BCUT2D eigenvalue weighted by Gasteiger charge is 3.21. The van der Waals surface area contributed by atoms with E-state index in [0.717, 1.165) is 29.1 Å². The second-order valence-electron chi connectivity index (χ2n) is 12.2. The topological polar surface area (TPSA) is 0 Å². The predicted molar refractivity (Wildman–Crippen MR) is 90.2 cm³/mol. The summed E-state index contributed by atoms with van der Waals surface area (Å²) in [6.07, 6.45) is 0. The Bertz CT molecular complexity index is 701. The third kappa shape index (κ3) is 0.462. The molecule has 0 heterocycles. The van der Waals surface area contributed by atoms with Crippen molar-refractivity contribution in [1.29, 1.82) is 0 Å². The second-order valence-corrected chi connectivity index (χ2v) is 12.2. The maximum atomic E-state index is 2.72. The molecule has 0 bridgehead atoms. The Morgan fingerprint density at radius 2 is 1.18 bits per heavy atom. The van der Waals surface area contributed by atoms with E-state index < -0.39 is 0 Å². The van der Waals surface area contributed by atoms with Gasteiger partial charge in [0.2, 0.25) is 0 Å². The summed E-state index contributed by atoms with van der Waals surface area (Å²) in [4.78, 5) is 0. The third-order valence-electron chi connectivity index (χ3n) is 13.9. The van der Waals surface area contributed by atoms with Crippen molar-refractivity contribution in [2.45, 2.75) is 69.2 Å². The molecule has 0 aromatic heterocycles. The summed E-state index contributed by atoms with van der Waals surface area (Å²) in [5.41, 5.74) is 4.84. The Labute approximate surface area is 136 Å². The van der Waals surface area contributed by atoms with Crippen LogP contribution in [0.5, 0.6) is 0 Å². The van der Waals surface area contributed by atoms with E-state index in [9.17, 15) is 0 Å². The molecule has 2 spiro atoms. The van der Waals surface area contributed by atoms with Gasteiger partial charge in [-0.25, -0.2) is 0 Å². The van der Waals surface area contributed by atoms with Crippen LogP contribution in [0.2, 0.25) is 0 Å². The first kappa shape index (κ1) is 13.3. The molecular weight excluding hydrogens is 264 g/mol. The fourth-order valence-electron chi connectivity index (χ4n) is 13.8. The van der Waals surface area contributed by atoms with Crippen LogP contribution in [0, 0.1) is 67.0 Å². The van der Waals surface area contributed by atoms with Crippen LogP contribution in [0.15, 0.2) is 0 Å². The SMILES string of the molecule is CC1C2C(C)C3(C)C4(C)C(C)(C)C5(C)C(C)(C)C6C1(C)C23C654. The van der Waals surface area contributed by atoms with Gasteiger partial charge in [-0.2, -0.15) is 0 Å². The molecule has 0 heteroatoms. The van der Waals surface area contributed by atoms with E-state index in [-0.39, 0.29) is 0 Å². The molecule has 0 nitrogen and oxygen atoms in total. The second kappa shape index (κ2) is 2.33. The summed E-state index contributed by atoms with van der Waals surface area (Å²) in [6, 6.07) is 0. The van der Waals surface area contributed by atoms with Crippen LogP contribution in [-0.4, -0.2) is 0 Å². The molecule has 122 valence electrons. The van der Waals surface area contributed by atoms with Crippen LogP contribution >= 0.6 is 0 Å². The fourth-order valence-corrected chi connectivity index (χ4v) is 13.8. The highest BCUT2D eigenvalue weighted by molar-refractivity contribution is 5.67. The lowest BCUT2D eigenvalue weighted by Crippen LogP contribution is -3.21. The van der Waals surface area contributed by atoms with E-state index in [1.54, 1.807) is 0 Å². The van der Waals surface area contributed by atoms with Gasteiger partial charge in [-0.05, 0) is 67.0 Å². The molecule has 0 aromatic rings. The van der Waals surface area contributed by atoms with Crippen LogP contribution < -0.4 is 0 Å². The number of rotatable bonds is 0. The summed E-state index contributed by atoms with van der Waals surface area (Å²) < 4.78 is 0. The largest absolute Gasteiger partial charge is 0.0617 e. The highest BCUT2D eigenvalue weighted by Crippen LogP contribution is 3.24. The van der Waals surface area contributed by atoms with Gasteiger partial charge in [0.25, 0.3) is 0 Å². The van der Waals surface area contributed by atoms with Gasteiger partial charge in [0.05, 0.1) is 0 Å². The fraction of sp³-hybridized carbons (Fsp3) is 1.00. The molecule has 10 unspecified atom stereocenters. The van der Waals surface area contributed by atoms with Crippen molar-refractivity contribution >= 4 is 0 Å². The first-order valence-corrected chi connectivity index (χ1v) is 9.80. The monoisotopic (exact) mass is 298 g/mol. The minimum absolute atomic E-state index is 0.486. The lowest BCUT2D eigenvalue weighted by molar-refractivity contribution is -0.780.